The lowest BCUT2D eigenvalue weighted by molar-refractivity contribution is -0.132. The maximum Gasteiger partial charge on any atom is 0.268 e. The van der Waals surface area contributed by atoms with E-state index in [0.29, 0.717) is 25.1 Å². The molecule has 0 bridgehead atoms. The van der Waals surface area contributed by atoms with E-state index >= 15 is 0 Å². The van der Waals surface area contributed by atoms with E-state index in [4.69, 9.17) is 9.47 Å². The first-order valence-electron chi connectivity index (χ1n) is 12.1. The van der Waals surface area contributed by atoms with Gasteiger partial charge >= 0.3 is 0 Å². The zero-order chi connectivity index (χ0) is 26.5. The maximum atomic E-state index is 13.4. The molecule has 0 saturated carbocycles. The SMILES string of the molecule is COCC(=O)C(CC1CCNC1=O)NC(=O)C(CC(C)(C)C)NC(=O)c1cc2c(OC)cccc2[nH]1. The molecule has 10 heteroatoms. The van der Waals surface area contributed by atoms with E-state index in [-0.39, 0.29) is 41.7 Å². The van der Waals surface area contributed by atoms with Gasteiger partial charge in [0.05, 0.1) is 13.2 Å². The van der Waals surface area contributed by atoms with Crippen molar-refractivity contribution in [1.82, 2.24) is 20.9 Å². The molecule has 3 unspecified atom stereocenters. The number of benzene rings is 1. The van der Waals surface area contributed by atoms with Crippen molar-refractivity contribution in [1.29, 1.82) is 0 Å². The van der Waals surface area contributed by atoms with E-state index in [0.717, 1.165) is 10.9 Å². The van der Waals surface area contributed by atoms with Crippen molar-refractivity contribution in [2.45, 2.75) is 52.1 Å². The number of methoxy groups -OCH3 is 2. The zero-order valence-corrected chi connectivity index (χ0v) is 21.5. The number of ketones is 1. The third-order valence-electron chi connectivity index (χ3n) is 6.20. The van der Waals surface area contributed by atoms with Crippen LogP contribution in [0.15, 0.2) is 24.3 Å². The molecular weight excluding hydrogens is 464 g/mol. The van der Waals surface area contributed by atoms with Crippen molar-refractivity contribution >= 4 is 34.4 Å². The number of nitrogens with one attached hydrogen (secondary N) is 4. The number of Topliss-reactive ketones (excluding diaryl/α,β-unsaturated/α-hetero) is 1. The Balaban J connectivity index is 1.80. The molecule has 3 atom stereocenters. The van der Waals surface area contributed by atoms with Gasteiger partial charge in [-0.25, -0.2) is 0 Å². The summed E-state index contributed by atoms with van der Waals surface area (Å²) in [7, 11) is 2.96. The highest BCUT2D eigenvalue weighted by atomic mass is 16.5. The number of carbonyl (C=O) groups is 4. The van der Waals surface area contributed by atoms with Crippen molar-refractivity contribution < 1.29 is 28.7 Å². The van der Waals surface area contributed by atoms with Crippen LogP contribution in [0.4, 0.5) is 0 Å². The summed E-state index contributed by atoms with van der Waals surface area (Å²) in [5.74, 6) is -1.13. The van der Waals surface area contributed by atoms with Crippen molar-refractivity contribution in [2.75, 3.05) is 27.4 Å². The van der Waals surface area contributed by atoms with E-state index in [1.807, 2.05) is 32.9 Å². The third kappa shape index (κ3) is 6.84. The van der Waals surface area contributed by atoms with E-state index < -0.39 is 23.9 Å². The molecule has 0 aliphatic carbocycles. The van der Waals surface area contributed by atoms with Gasteiger partial charge < -0.3 is 30.4 Å². The standard InChI is InChI=1S/C26H36N4O6/c1-26(2,3)13-20(30-24(33)19-12-16-17(28-19)7-6-8-22(16)36-5)25(34)29-18(21(31)14-35-4)11-15-9-10-27-23(15)32/h6-8,12,15,18,20,28H,9-11,13-14H2,1-5H3,(H,27,32)(H,29,34)(H,30,33). The van der Waals surface area contributed by atoms with Crippen molar-refractivity contribution in [2.24, 2.45) is 11.3 Å². The number of ether oxygens (including phenoxy) is 2. The number of hydrogen-bond donors (Lipinski definition) is 4. The van der Waals surface area contributed by atoms with Gasteiger partial charge in [-0.2, -0.15) is 0 Å². The van der Waals surface area contributed by atoms with Gasteiger partial charge in [0.25, 0.3) is 5.91 Å². The molecule has 1 saturated heterocycles. The minimum atomic E-state index is -0.902. The fourth-order valence-electron chi connectivity index (χ4n) is 4.43. The lowest BCUT2D eigenvalue weighted by Crippen LogP contribution is -2.53. The quantitative estimate of drug-likeness (QED) is 0.372. The van der Waals surface area contributed by atoms with Gasteiger partial charge in [-0.15, -0.1) is 0 Å². The smallest absolute Gasteiger partial charge is 0.268 e. The van der Waals surface area contributed by atoms with Gasteiger partial charge in [0.2, 0.25) is 11.8 Å². The second kappa shape index (κ2) is 11.6. The van der Waals surface area contributed by atoms with E-state index in [2.05, 4.69) is 20.9 Å². The first kappa shape index (κ1) is 27.2. The van der Waals surface area contributed by atoms with E-state index in [9.17, 15) is 19.2 Å². The summed E-state index contributed by atoms with van der Waals surface area (Å²) in [5.41, 5.74) is 0.725. The molecule has 3 rings (SSSR count). The maximum absolute atomic E-state index is 13.4. The summed E-state index contributed by atoms with van der Waals surface area (Å²) in [5, 5.41) is 9.11. The Hall–Kier alpha value is -3.40. The van der Waals surface area contributed by atoms with Crippen LogP contribution >= 0.6 is 0 Å². The molecule has 10 nitrogen and oxygen atoms in total. The molecule has 3 amide bonds. The predicted octanol–water partition coefficient (Wildman–Crippen LogP) is 1.94. The lowest BCUT2D eigenvalue weighted by atomic mass is 9.87. The number of fused-ring (bicyclic) bond motifs is 1. The molecule has 1 aromatic carbocycles. The lowest BCUT2D eigenvalue weighted by Gasteiger charge is -2.28. The monoisotopic (exact) mass is 500 g/mol. The number of carbonyl (C=O) groups excluding carboxylic acids is 4. The van der Waals surface area contributed by atoms with Crippen molar-refractivity contribution in [3.63, 3.8) is 0 Å². The molecule has 36 heavy (non-hydrogen) atoms. The van der Waals surface area contributed by atoms with E-state index in [1.165, 1.54) is 7.11 Å². The Morgan fingerprint density at radius 1 is 1.14 bits per heavy atom. The molecule has 1 fully saturated rings. The van der Waals surface area contributed by atoms with Crippen molar-refractivity contribution in [3.8, 4) is 5.75 Å². The highest BCUT2D eigenvalue weighted by molar-refractivity contribution is 6.02. The van der Waals surface area contributed by atoms with Gasteiger partial charge in [0, 0.05) is 30.5 Å². The largest absolute Gasteiger partial charge is 0.496 e. The summed E-state index contributed by atoms with van der Waals surface area (Å²) >= 11 is 0. The molecule has 2 aromatic rings. The molecule has 4 N–H and O–H groups in total. The summed E-state index contributed by atoms with van der Waals surface area (Å²) in [6.07, 6.45) is 1.11. The molecular formula is C26H36N4O6. The summed E-state index contributed by atoms with van der Waals surface area (Å²) in [6.45, 7) is 6.24. The van der Waals surface area contributed by atoms with Crippen LogP contribution in [-0.4, -0.2) is 67.9 Å². The second-order valence-corrected chi connectivity index (χ2v) is 10.4. The Kier molecular flexibility index (Phi) is 8.73. The predicted molar refractivity (Wildman–Crippen MR) is 135 cm³/mol. The van der Waals surface area contributed by atoms with Gasteiger partial charge in [-0.3, -0.25) is 19.2 Å². The Bertz CT molecular complexity index is 1120. The van der Waals surface area contributed by atoms with Crippen LogP contribution in [0.2, 0.25) is 0 Å². The Morgan fingerprint density at radius 2 is 1.89 bits per heavy atom. The van der Waals surface area contributed by atoms with Gasteiger partial charge in [-0.1, -0.05) is 26.8 Å². The number of aromatic amines is 1. The van der Waals surface area contributed by atoms with Crippen LogP contribution < -0.4 is 20.7 Å². The zero-order valence-electron chi connectivity index (χ0n) is 21.5. The fourth-order valence-corrected chi connectivity index (χ4v) is 4.43. The fraction of sp³-hybridized carbons (Fsp3) is 0.538. The number of hydrogen-bond acceptors (Lipinski definition) is 6. The van der Waals surface area contributed by atoms with E-state index in [1.54, 1.807) is 19.2 Å². The Morgan fingerprint density at radius 3 is 2.50 bits per heavy atom. The van der Waals surface area contributed by atoms with Crippen LogP contribution in [-0.2, 0) is 19.1 Å². The minimum absolute atomic E-state index is 0.131. The molecule has 0 radical (unpaired) electrons. The second-order valence-electron chi connectivity index (χ2n) is 10.4. The van der Waals surface area contributed by atoms with Crippen LogP contribution in [0.5, 0.6) is 5.75 Å². The Labute approximate surface area is 210 Å². The number of aromatic nitrogens is 1. The van der Waals surface area contributed by atoms with Crippen LogP contribution in [0.3, 0.4) is 0 Å². The van der Waals surface area contributed by atoms with Gasteiger partial charge in [0.1, 0.15) is 24.1 Å². The van der Waals surface area contributed by atoms with Gasteiger partial charge in [0.15, 0.2) is 5.78 Å². The molecule has 1 aliphatic rings. The molecule has 1 aliphatic heterocycles. The molecule has 2 heterocycles. The summed E-state index contributed by atoms with van der Waals surface area (Å²) < 4.78 is 10.4. The number of H-pyrrole nitrogens is 1. The molecule has 196 valence electrons. The van der Waals surface area contributed by atoms with Crippen LogP contribution in [0.1, 0.15) is 50.5 Å². The normalized spacial score (nSPS) is 17.4. The highest BCUT2D eigenvalue weighted by Gasteiger charge is 2.34. The summed E-state index contributed by atoms with van der Waals surface area (Å²) in [6, 6.07) is 5.33. The molecule has 1 aromatic heterocycles. The van der Waals surface area contributed by atoms with Crippen LogP contribution in [0.25, 0.3) is 10.9 Å². The van der Waals surface area contributed by atoms with Gasteiger partial charge in [-0.05, 0) is 42.9 Å². The topological polar surface area (TPSA) is 139 Å². The number of amides is 3. The molecule has 0 spiro atoms. The van der Waals surface area contributed by atoms with Crippen LogP contribution in [0, 0.1) is 11.3 Å². The average molecular weight is 501 g/mol. The minimum Gasteiger partial charge on any atom is -0.496 e. The third-order valence-corrected chi connectivity index (χ3v) is 6.20. The number of rotatable bonds is 11. The first-order chi connectivity index (χ1) is 17.0. The highest BCUT2D eigenvalue weighted by Crippen LogP contribution is 2.27. The average Bonchev–Trinajstić information content (AvgIpc) is 3.43. The first-order valence-corrected chi connectivity index (χ1v) is 12.1. The van der Waals surface area contributed by atoms with Crippen molar-refractivity contribution in [3.05, 3.63) is 30.0 Å². The summed E-state index contributed by atoms with van der Waals surface area (Å²) in [4.78, 5) is 54.4.